The molecule has 3 heterocycles. The molecule has 0 aromatic carbocycles. The summed E-state index contributed by atoms with van der Waals surface area (Å²) >= 11 is 1.61. The predicted molar refractivity (Wildman–Crippen MR) is 90.8 cm³/mol. The number of aryl methyl sites for hydroxylation is 2. The zero-order valence-corrected chi connectivity index (χ0v) is 13.6. The summed E-state index contributed by atoms with van der Waals surface area (Å²) in [5, 5.41) is 8.18. The molecule has 1 aliphatic rings. The fourth-order valence-corrected chi connectivity index (χ4v) is 4.92. The summed E-state index contributed by atoms with van der Waals surface area (Å²) in [6.45, 7) is 4.42. The summed E-state index contributed by atoms with van der Waals surface area (Å²) in [4.78, 5) is 16.9. The van der Waals surface area contributed by atoms with E-state index >= 15 is 0 Å². The minimum absolute atomic E-state index is 0.0669. The summed E-state index contributed by atoms with van der Waals surface area (Å²) in [6.07, 6.45) is 8.21. The molecule has 1 aliphatic carbocycles. The molecular formula is C17H19N3OS. The van der Waals surface area contributed by atoms with Gasteiger partial charge in [0.05, 0.1) is 6.20 Å². The van der Waals surface area contributed by atoms with Crippen LogP contribution in [0.1, 0.15) is 49.4 Å². The molecule has 4 rings (SSSR count). The van der Waals surface area contributed by atoms with Gasteiger partial charge in [-0.1, -0.05) is 13.8 Å². The molecule has 2 N–H and O–H groups in total. The first-order valence-electron chi connectivity index (χ1n) is 7.86. The number of rotatable bonds is 2. The van der Waals surface area contributed by atoms with Crippen molar-refractivity contribution in [2.45, 2.75) is 45.4 Å². The quantitative estimate of drug-likeness (QED) is 0.751. The molecule has 0 radical (unpaired) electrons. The number of thiophene rings is 1. The highest BCUT2D eigenvalue weighted by Gasteiger charge is 2.24. The van der Waals surface area contributed by atoms with Crippen molar-refractivity contribution in [3.8, 4) is 10.4 Å². The zero-order chi connectivity index (χ0) is 15.3. The number of hydrogen-bond acceptors (Lipinski definition) is 3. The maximum absolute atomic E-state index is 12.5. The van der Waals surface area contributed by atoms with E-state index in [-0.39, 0.29) is 5.56 Å². The van der Waals surface area contributed by atoms with Crippen LogP contribution in [0.25, 0.3) is 20.5 Å². The molecule has 0 amide bonds. The third-order valence-corrected chi connectivity index (χ3v) is 5.78. The molecule has 0 bridgehead atoms. The van der Waals surface area contributed by atoms with Crippen molar-refractivity contribution in [2.75, 3.05) is 0 Å². The van der Waals surface area contributed by atoms with E-state index in [1.807, 2.05) is 12.4 Å². The van der Waals surface area contributed by atoms with Crippen molar-refractivity contribution in [2.24, 2.45) is 0 Å². The van der Waals surface area contributed by atoms with Crippen molar-refractivity contribution in [3.05, 3.63) is 39.6 Å². The van der Waals surface area contributed by atoms with Gasteiger partial charge in [-0.2, -0.15) is 5.10 Å². The van der Waals surface area contributed by atoms with Crippen molar-refractivity contribution < 1.29 is 0 Å². The summed E-state index contributed by atoms with van der Waals surface area (Å²) in [5.74, 6) is 0.381. The highest BCUT2D eigenvalue weighted by atomic mass is 32.1. The molecule has 0 spiro atoms. The molecule has 3 aromatic rings. The Hall–Kier alpha value is -1.88. The van der Waals surface area contributed by atoms with E-state index < -0.39 is 0 Å². The van der Waals surface area contributed by atoms with Crippen LogP contribution >= 0.6 is 11.3 Å². The van der Waals surface area contributed by atoms with Gasteiger partial charge in [-0.25, -0.2) is 0 Å². The third-order valence-electron chi connectivity index (χ3n) is 4.52. The molecule has 0 saturated carbocycles. The van der Waals surface area contributed by atoms with Crippen LogP contribution in [-0.4, -0.2) is 15.2 Å². The van der Waals surface area contributed by atoms with Gasteiger partial charge >= 0.3 is 0 Å². The predicted octanol–water partition coefficient (Wildman–Crippen LogP) is 3.98. The summed E-state index contributed by atoms with van der Waals surface area (Å²) < 4.78 is 0.876. The molecule has 4 nitrogen and oxygen atoms in total. The van der Waals surface area contributed by atoms with E-state index in [1.54, 1.807) is 11.3 Å². The number of fused-ring (bicyclic) bond motifs is 3. The number of hydrogen-bond donors (Lipinski definition) is 2. The Morgan fingerprint density at radius 3 is 2.82 bits per heavy atom. The lowest BCUT2D eigenvalue weighted by molar-refractivity contribution is 0.670. The van der Waals surface area contributed by atoms with E-state index in [1.165, 1.54) is 34.2 Å². The molecule has 0 unspecified atom stereocenters. The smallest absolute Gasteiger partial charge is 0.266 e. The van der Waals surface area contributed by atoms with Crippen LogP contribution in [0.2, 0.25) is 0 Å². The lowest BCUT2D eigenvalue weighted by Crippen LogP contribution is -2.15. The van der Waals surface area contributed by atoms with Crippen molar-refractivity contribution >= 4 is 21.4 Å². The Morgan fingerprint density at radius 2 is 2.09 bits per heavy atom. The van der Waals surface area contributed by atoms with Crippen LogP contribution in [0.3, 0.4) is 0 Å². The lowest BCUT2D eigenvalue weighted by Gasteiger charge is -2.18. The van der Waals surface area contributed by atoms with Crippen molar-refractivity contribution in [1.82, 2.24) is 15.2 Å². The fraction of sp³-hybridized carbons (Fsp3) is 0.412. The lowest BCUT2D eigenvalue weighted by atomic mass is 9.88. The van der Waals surface area contributed by atoms with Crippen LogP contribution in [0.15, 0.2) is 17.2 Å². The molecule has 0 fully saturated rings. The van der Waals surface area contributed by atoms with Crippen LogP contribution in [-0.2, 0) is 12.8 Å². The minimum atomic E-state index is 0.0669. The number of H-pyrrole nitrogens is 2. The van der Waals surface area contributed by atoms with Gasteiger partial charge in [0.15, 0.2) is 0 Å². The first-order chi connectivity index (χ1) is 10.7. The van der Waals surface area contributed by atoms with E-state index in [0.717, 1.165) is 28.8 Å². The SMILES string of the molecule is CC(C)c1c(-c2cn[nH]c2)sc2c(=O)[nH]c3c(c12)CCCC3. The Morgan fingerprint density at radius 1 is 1.27 bits per heavy atom. The first kappa shape index (κ1) is 13.8. The molecular weight excluding hydrogens is 294 g/mol. The summed E-state index contributed by atoms with van der Waals surface area (Å²) in [6, 6.07) is 0. The number of pyridine rings is 1. The second-order valence-electron chi connectivity index (χ2n) is 6.31. The van der Waals surface area contributed by atoms with Gasteiger partial charge in [0.25, 0.3) is 5.56 Å². The van der Waals surface area contributed by atoms with Gasteiger partial charge in [0.1, 0.15) is 4.70 Å². The Balaban J connectivity index is 2.13. The van der Waals surface area contributed by atoms with Gasteiger partial charge < -0.3 is 4.98 Å². The monoisotopic (exact) mass is 313 g/mol. The first-order valence-corrected chi connectivity index (χ1v) is 8.68. The Bertz CT molecular complexity index is 887. The Kier molecular flexibility index (Phi) is 3.18. The van der Waals surface area contributed by atoms with Crippen LogP contribution < -0.4 is 5.56 Å². The van der Waals surface area contributed by atoms with E-state index in [2.05, 4.69) is 29.0 Å². The van der Waals surface area contributed by atoms with Gasteiger partial charge in [-0.15, -0.1) is 11.3 Å². The molecule has 0 atom stereocenters. The Labute approximate surface area is 132 Å². The molecule has 5 heteroatoms. The minimum Gasteiger partial charge on any atom is -0.325 e. The zero-order valence-electron chi connectivity index (χ0n) is 12.8. The van der Waals surface area contributed by atoms with Crippen LogP contribution in [0, 0.1) is 0 Å². The highest BCUT2D eigenvalue weighted by Crippen LogP contribution is 2.43. The van der Waals surface area contributed by atoms with Gasteiger partial charge in [-0.3, -0.25) is 9.89 Å². The standard InChI is InChI=1S/C17H19N3OS/c1-9(2)13-14-11-5-3-4-6-12(11)20-17(21)16(14)22-15(13)10-7-18-19-8-10/h7-9H,3-6H2,1-2H3,(H,18,19)(H,20,21). The maximum Gasteiger partial charge on any atom is 0.266 e. The number of aromatic nitrogens is 3. The topological polar surface area (TPSA) is 61.5 Å². The normalized spacial score (nSPS) is 14.7. The van der Waals surface area contributed by atoms with Gasteiger partial charge in [0.2, 0.25) is 0 Å². The maximum atomic E-state index is 12.5. The second-order valence-corrected chi connectivity index (χ2v) is 7.33. The van der Waals surface area contributed by atoms with Crippen LogP contribution in [0.5, 0.6) is 0 Å². The second kappa shape index (κ2) is 5.09. The van der Waals surface area contributed by atoms with E-state index in [0.29, 0.717) is 5.92 Å². The molecule has 22 heavy (non-hydrogen) atoms. The van der Waals surface area contributed by atoms with Crippen molar-refractivity contribution in [3.63, 3.8) is 0 Å². The number of nitrogens with zero attached hydrogens (tertiary/aromatic N) is 1. The molecule has 114 valence electrons. The number of nitrogens with one attached hydrogen (secondary N) is 2. The average molecular weight is 313 g/mol. The van der Waals surface area contributed by atoms with E-state index in [9.17, 15) is 4.79 Å². The van der Waals surface area contributed by atoms with Crippen LogP contribution in [0.4, 0.5) is 0 Å². The molecule has 0 aliphatic heterocycles. The largest absolute Gasteiger partial charge is 0.325 e. The molecule has 0 saturated heterocycles. The van der Waals surface area contributed by atoms with E-state index in [4.69, 9.17) is 0 Å². The van der Waals surface area contributed by atoms with Gasteiger partial charge in [-0.05, 0) is 42.7 Å². The van der Waals surface area contributed by atoms with Crippen molar-refractivity contribution in [1.29, 1.82) is 0 Å². The summed E-state index contributed by atoms with van der Waals surface area (Å²) in [5.41, 5.74) is 4.98. The third kappa shape index (κ3) is 1.96. The highest BCUT2D eigenvalue weighted by molar-refractivity contribution is 7.22. The fourth-order valence-electron chi connectivity index (χ4n) is 3.56. The number of aromatic amines is 2. The molecule has 3 aromatic heterocycles. The summed E-state index contributed by atoms with van der Waals surface area (Å²) in [7, 11) is 0. The average Bonchev–Trinajstić information content (AvgIpc) is 3.14. The van der Waals surface area contributed by atoms with Gasteiger partial charge in [0, 0.05) is 27.7 Å².